The molecule has 1 unspecified atom stereocenters. The molecule has 0 spiro atoms. The van der Waals surface area contributed by atoms with Crippen LogP contribution in [0.3, 0.4) is 0 Å². The lowest BCUT2D eigenvalue weighted by Gasteiger charge is -2.38. The lowest BCUT2D eigenvalue weighted by atomic mass is 9.93. The fraction of sp³-hybridized carbons (Fsp3) is 0.474. The van der Waals surface area contributed by atoms with Crippen LogP contribution in [0.15, 0.2) is 35.4 Å². The number of nitrogens with one attached hydrogen (secondary N) is 2. The zero-order valence-electron chi connectivity index (χ0n) is 16.1. The smallest absolute Gasteiger partial charge is 0.257 e. The van der Waals surface area contributed by atoms with E-state index in [0.29, 0.717) is 24.3 Å². The number of para-hydroxylation sites is 1. The topological polar surface area (TPSA) is 96.3 Å². The van der Waals surface area contributed by atoms with Crippen molar-refractivity contribution in [2.24, 2.45) is 5.92 Å². The van der Waals surface area contributed by atoms with Crippen LogP contribution in [0, 0.1) is 12.8 Å². The number of amides is 1. The van der Waals surface area contributed by atoms with E-state index in [1.54, 1.807) is 29.1 Å². The second-order valence-electron chi connectivity index (χ2n) is 7.35. The lowest BCUT2D eigenvalue weighted by molar-refractivity contribution is 0.0678. The Hall–Kier alpha value is -2.39. The average molecular weight is 404 g/mol. The molecule has 3 heterocycles. The van der Waals surface area contributed by atoms with Crippen molar-refractivity contribution >= 4 is 21.6 Å². The van der Waals surface area contributed by atoms with Crippen molar-refractivity contribution in [1.29, 1.82) is 0 Å². The Bertz CT molecular complexity index is 993. The van der Waals surface area contributed by atoms with E-state index >= 15 is 0 Å². The van der Waals surface area contributed by atoms with Gasteiger partial charge in [0.1, 0.15) is 4.90 Å². The van der Waals surface area contributed by atoms with Gasteiger partial charge in [-0.15, -0.1) is 0 Å². The standard InChI is InChI=1S/C19H25N5O3S/c1-3-24-12-15(13(2)21-24)19(25)23-10-8-14(9-11-23)18-20-16-6-4-5-7-17(16)28(26,27)22-18/h4-7,12,14,18,20,22H,3,8-11H2,1-2H3. The zero-order valence-corrected chi connectivity index (χ0v) is 16.9. The molecule has 1 aromatic carbocycles. The predicted molar refractivity (Wildman–Crippen MR) is 105 cm³/mol. The second-order valence-corrected chi connectivity index (χ2v) is 9.04. The number of aromatic nitrogens is 2. The first-order valence-corrected chi connectivity index (χ1v) is 11.1. The molecule has 0 radical (unpaired) electrons. The van der Waals surface area contributed by atoms with E-state index < -0.39 is 10.0 Å². The van der Waals surface area contributed by atoms with Crippen LogP contribution >= 0.6 is 0 Å². The molecule has 2 aliphatic heterocycles. The molecule has 0 aliphatic carbocycles. The van der Waals surface area contributed by atoms with E-state index in [0.717, 1.165) is 25.1 Å². The number of carbonyl (C=O) groups is 1. The number of fused-ring (bicyclic) bond motifs is 1. The van der Waals surface area contributed by atoms with E-state index in [-0.39, 0.29) is 22.9 Å². The summed E-state index contributed by atoms with van der Waals surface area (Å²) in [6.07, 6.45) is 2.91. The van der Waals surface area contributed by atoms with Gasteiger partial charge in [-0.25, -0.2) is 8.42 Å². The fourth-order valence-corrected chi connectivity index (χ4v) is 5.34. The number of carbonyl (C=O) groups excluding carboxylic acids is 1. The van der Waals surface area contributed by atoms with Crippen molar-refractivity contribution in [2.75, 3.05) is 18.4 Å². The van der Waals surface area contributed by atoms with Crippen LogP contribution in [0.4, 0.5) is 5.69 Å². The molecule has 8 nitrogen and oxygen atoms in total. The van der Waals surface area contributed by atoms with Gasteiger partial charge in [-0.3, -0.25) is 9.48 Å². The molecule has 1 atom stereocenters. The van der Waals surface area contributed by atoms with Crippen molar-refractivity contribution < 1.29 is 13.2 Å². The molecule has 2 aliphatic rings. The van der Waals surface area contributed by atoms with Gasteiger partial charge in [0.2, 0.25) is 10.0 Å². The largest absolute Gasteiger partial charge is 0.368 e. The Morgan fingerprint density at radius 3 is 2.64 bits per heavy atom. The average Bonchev–Trinajstić information content (AvgIpc) is 3.08. The quantitative estimate of drug-likeness (QED) is 0.815. The first-order chi connectivity index (χ1) is 13.4. The van der Waals surface area contributed by atoms with Crippen LogP contribution in [-0.2, 0) is 16.6 Å². The van der Waals surface area contributed by atoms with Crippen LogP contribution in [0.2, 0.25) is 0 Å². The molecule has 1 aromatic heterocycles. The summed E-state index contributed by atoms with van der Waals surface area (Å²) in [6.45, 7) is 5.77. The normalized spacial score (nSPS) is 21.8. The highest BCUT2D eigenvalue weighted by molar-refractivity contribution is 7.89. The molecule has 2 aromatic rings. The van der Waals surface area contributed by atoms with Gasteiger partial charge >= 0.3 is 0 Å². The van der Waals surface area contributed by atoms with Gasteiger partial charge in [-0.05, 0) is 44.7 Å². The van der Waals surface area contributed by atoms with Gasteiger partial charge in [0, 0.05) is 25.8 Å². The van der Waals surface area contributed by atoms with E-state index in [2.05, 4.69) is 15.1 Å². The number of sulfonamides is 1. The predicted octanol–water partition coefficient (Wildman–Crippen LogP) is 1.79. The Morgan fingerprint density at radius 1 is 1.25 bits per heavy atom. The van der Waals surface area contributed by atoms with Crippen LogP contribution in [0.25, 0.3) is 0 Å². The van der Waals surface area contributed by atoms with Gasteiger partial charge in [-0.2, -0.15) is 9.82 Å². The summed E-state index contributed by atoms with van der Waals surface area (Å²) in [7, 11) is -3.52. The third-order valence-corrected chi connectivity index (χ3v) is 7.07. The van der Waals surface area contributed by atoms with Crippen molar-refractivity contribution in [3.8, 4) is 0 Å². The van der Waals surface area contributed by atoms with Gasteiger partial charge in [0.25, 0.3) is 5.91 Å². The van der Waals surface area contributed by atoms with Crippen molar-refractivity contribution in [3.05, 3.63) is 41.7 Å². The molecule has 2 N–H and O–H groups in total. The number of nitrogens with zero attached hydrogens (tertiary/aromatic N) is 3. The monoisotopic (exact) mass is 403 g/mol. The van der Waals surface area contributed by atoms with Crippen molar-refractivity contribution in [2.45, 2.75) is 44.3 Å². The van der Waals surface area contributed by atoms with E-state index in [1.165, 1.54) is 0 Å². The summed E-state index contributed by atoms with van der Waals surface area (Å²) in [5, 5.41) is 7.66. The minimum absolute atomic E-state index is 0.00169. The van der Waals surface area contributed by atoms with Crippen LogP contribution < -0.4 is 10.0 Å². The Morgan fingerprint density at radius 2 is 1.96 bits per heavy atom. The molecule has 0 bridgehead atoms. The minimum atomic E-state index is -3.52. The number of piperidine rings is 1. The molecule has 1 saturated heterocycles. The highest BCUT2D eigenvalue weighted by Crippen LogP contribution is 2.31. The highest BCUT2D eigenvalue weighted by atomic mass is 32.2. The number of hydrogen-bond acceptors (Lipinski definition) is 5. The number of aryl methyl sites for hydroxylation is 2. The molecule has 9 heteroatoms. The van der Waals surface area contributed by atoms with Crippen LogP contribution in [0.5, 0.6) is 0 Å². The SMILES string of the molecule is CCn1cc(C(=O)N2CCC(C3Nc4ccccc4S(=O)(=O)N3)CC2)c(C)n1. The minimum Gasteiger partial charge on any atom is -0.368 e. The lowest BCUT2D eigenvalue weighted by Crippen LogP contribution is -2.52. The number of rotatable bonds is 3. The molecular formula is C19H25N5O3S. The van der Waals surface area contributed by atoms with Gasteiger partial charge < -0.3 is 10.2 Å². The number of anilines is 1. The molecule has 1 fully saturated rings. The van der Waals surface area contributed by atoms with Crippen LogP contribution in [-0.4, -0.2) is 48.3 Å². The maximum Gasteiger partial charge on any atom is 0.257 e. The van der Waals surface area contributed by atoms with Gasteiger partial charge in [-0.1, -0.05) is 12.1 Å². The summed E-state index contributed by atoms with van der Waals surface area (Å²) in [4.78, 5) is 15.0. The summed E-state index contributed by atoms with van der Waals surface area (Å²) in [6, 6.07) is 6.92. The first-order valence-electron chi connectivity index (χ1n) is 9.60. The van der Waals surface area contributed by atoms with Crippen molar-refractivity contribution in [3.63, 3.8) is 0 Å². The van der Waals surface area contributed by atoms with E-state index in [9.17, 15) is 13.2 Å². The maximum absolute atomic E-state index is 12.8. The second kappa shape index (κ2) is 7.21. The Kier molecular flexibility index (Phi) is 4.88. The summed E-state index contributed by atoms with van der Waals surface area (Å²) in [5.41, 5.74) is 2.02. The summed E-state index contributed by atoms with van der Waals surface area (Å²) < 4.78 is 29.6. The molecule has 28 heavy (non-hydrogen) atoms. The molecule has 1 amide bonds. The van der Waals surface area contributed by atoms with Crippen molar-refractivity contribution in [1.82, 2.24) is 19.4 Å². The Balaban J connectivity index is 1.43. The number of likely N-dealkylation sites (tertiary alicyclic amines) is 1. The molecular weight excluding hydrogens is 378 g/mol. The van der Waals surface area contributed by atoms with E-state index in [1.807, 2.05) is 24.8 Å². The fourth-order valence-electron chi connectivity index (χ4n) is 3.96. The van der Waals surface area contributed by atoms with Gasteiger partial charge in [0.15, 0.2) is 0 Å². The molecule has 4 rings (SSSR count). The summed E-state index contributed by atoms with van der Waals surface area (Å²) >= 11 is 0. The highest BCUT2D eigenvalue weighted by Gasteiger charge is 2.36. The van der Waals surface area contributed by atoms with Gasteiger partial charge in [0.05, 0.1) is 23.1 Å². The third-order valence-electron chi connectivity index (χ3n) is 5.57. The third kappa shape index (κ3) is 3.40. The Labute approximate surface area is 165 Å². The number of hydrogen-bond donors (Lipinski definition) is 2. The van der Waals surface area contributed by atoms with Crippen LogP contribution in [0.1, 0.15) is 35.8 Å². The summed E-state index contributed by atoms with van der Waals surface area (Å²) in [5.74, 6) is 0.116. The van der Waals surface area contributed by atoms with E-state index in [4.69, 9.17) is 0 Å². The maximum atomic E-state index is 12.8. The number of benzene rings is 1. The first kappa shape index (κ1) is 18.9. The molecule has 0 saturated carbocycles. The molecule has 150 valence electrons. The zero-order chi connectivity index (χ0) is 19.9.